The van der Waals surface area contributed by atoms with E-state index in [1.165, 1.54) is 11.8 Å². The van der Waals surface area contributed by atoms with Crippen LogP contribution in [0.4, 0.5) is 5.69 Å². The van der Waals surface area contributed by atoms with Gasteiger partial charge in [0, 0.05) is 30.4 Å². The number of nitrogens with one attached hydrogen (secondary N) is 1. The molecule has 0 bridgehead atoms. The van der Waals surface area contributed by atoms with Gasteiger partial charge in [-0.15, -0.1) is 0 Å². The number of carbonyl (C=O) groups excluding carboxylic acids is 1. The molecule has 0 aliphatic heterocycles. The van der Waals surface area contributed by atoms with E-state index in [0.717, 1.165) is 10.1 Å². The molecule has 3 rings (SSSR count). The summed E-state index contributed by atoms with van der Waals surface area (Å²) in [7, 11) is 1.92. The summed E-state index contributed by atoms with van der Waals surface area (Å²) in [5.41, 5.74) is 0.777. The minimum atomic E-state index is -0.399. The van der Waals surface area contributed by atoms with Crippen LogP contribution in [0.3, 0.4) is 0 Å². The van der Waals surface area contributed by atoms with E-state index in [1.54, 1.807) is 18.3 Å². The third kappa shape index (κ3) is 4.17. The molecule has 0 saturated carbocycles. The number of nitrogens with zero attached hydrogens (tertiary/aromatic N) is 3. The first kappa shape index (κ1) is 18.3. The number of amides is 1. The molecule has 0 radical (unpaired) electrons. The van der Waals surface area contributed by atoms with Gasteiger partial charge in [0.25, 0.3) is 5.91 Å². The second-order valence-electron chi connectivity index (χ2n) is 5.29. The number of rotatable bonds is 6. The molecular weight excluding hydrogens is 372 g/mol. The van der Waals surface area contributed by atoms with Gasteiger partial charge >= 0.3 is 0 Å². The van der Waals surface area contributed by atoms with E-state index in [1.807, 2.05) is 49.0 Å². The van der Waals surface area contributed by atoms with E-state index in [9.17, 15) is 4.79 Å². The quantitative estimate of drug-likeness (QED) is 0.682. The molecule has 0 fully saturated rings. The highest BCUT2D eigenvalue weighted by atomic mass is 35.5. The zero-order chi connectivity index (χ0) is 18.5. The van der Waals surface area contributed by atoms with E-state index in [4.69, 9.17) is 16.3 Å². The predicted octanol–water partition coefficient (Wildman–Crippen LogP) is 4.27. The molecule has 8 heteroatoms. The van der Waals surface area contributed by atoms with Gasteiger partial charge in [-0.2, -0.15) is 0 Å². The predicted molar refractivity (Wildman–Crippen MR) is 102 cm³/mol. The van der Waals surface area contributed by atoms with E-state index in [0.29, 0.717) is 18.2 Å². The summed E-state index contributed by atoms with van der Waals surface area (Å²) in [6.07, 6.45) is 3.60. The van der Waals surface area contributed by atoms with E-state index in [-0.39, 0.29) is 10.7 Å². The Morgan fingerprint density at radius 3 is 2.85 bits per heavy atom. The maximum atomic E-state index is 12.7. The number of carbonyl (C=O) groups is 1. The number of hydrogen-bond donors (Lipinski definition) is 1. The lowest BCUT2D eigenvalue weighted by Crippen LogP contribution is -2.15. The molecule has 134 valence electrons. The molecule has 2 aromatic heterocycles. The number of para-hydroxylation sites is 1. The molecular formula is C18H17ClN4O2S. The molecule has 2 heterocycles. The van der Waals surface area contributed by atoms with Crippen LogP contribution in [0.2, 0.25) is 5.02 Å². The number of imidazole rings is 1. The Labute approximate surface area is 160 Å². The first-order chi connectivity index (χ1) is 12.6. The SMILES string of the molecule is CCOc1ccc(Cl)c(C(=O)Nc2ccccc2Sc2nccn2C)n1. The van der Waals surface area contributed by atoms with Crippen molar-refractivity contribution in [1.82, 2.24) is 14.5 Å². The van der Waals surface area contributed by atoms with E-state index >= 15 is 0 Å². The van der Waals surface area contributed by atoms with Crippen molar-refractivity contribution in [2.75, 3.05) is 11.9 Å². The molecule has 26 heavy (non-hydrogen) atoms. The Kier molecular flexibility index (Phi) is 5.80. The summed E-state index contributed by atoms with van der Waals surface area (Å²) in [5.74, 6) is -0.0397. The van der Waals surface area contributed by atoms with Gasteiger partial charge in [0.2, 0.25) is 5.88 Å². The van der Waals surface area contributed by atoms with E-state index < -0.39 is 5.91 Å². The third-order valence-electron chi connectivity index (χ3n) is 3.44. The van der Waals surface area contributed by atoms with Crippen molar-refractivity contribution < 1.29 is 9.53 Å². The number of hydrogen-bond acceptors (Lipinski definition) is 5. The molecule has 3 aromatic rings. The highest BCUT2D eigenvalue weighted by Crippen LogP contribution is 2.32. The zero-order valence-corrected chi connectivity index (χ0v) is 15.8. The van der Waals surface area contributed by atoms with Crippen LogP contribution in [0.1, 0.15) is 17.4 Å². The van der Waals surface area contributed by atoms with Crippen LogP contribution in [0.15, 0.2) is 58.8 Å². The summed E-state index contributed by atoms with van der Waals surface area (Å²) in [6.45, 7) is 2.31. The fourth-order valence-electron chi connectivity index (χ4n) is 2.20. The summed E-state index contributed by atoms with van der Waals surface area (Å²) >= 11 is 7.59. The van der Waals surface area contributed by atoms with Crippen LogP contribution in [0.5, 0.6) is 5.88 Å². The second-order valence-corrected chi connectivity index (χ2v) is 6.70. The lowest BCUT2D eigenvalue weighted by Gasteiger charge is -2.11. The van der Waals surface area contributed by atoms with Crippen molar-refractivity contribution in [1.29, 1.82) is 0 Å². The van der Waals surface area contributed by atoms with Crippen molar-refractivity contribution in [2.24, 2.45) is 7.05 Å². The van der Waals surface area contributed by atoms with Gasteiger partial charge in [0.05, 0.1) is 17.3 Å². The first-order valence-electron chi connectivity index (χ1n) is 7.93. The zero-order valence-electron chi connectivity index (χ0n) is 14.3. The number of aryl methyl sites for hydroxylation is 1. The van der Waals surface area contributed by atoms with Gasteiger partial charge in [-0.1, -0.05) is 23.7 Å². The highest BCUT2D eigenvalue weighted by molar-refractivity contribution is 7.99. The number of anilines is 1. The number of halogens is 1. The molecule has 0 unspecified atom stereocenters. The molecule has 0 atom stereocenters. The fourth-order valence-corrected chi connectivity index (χ4v) is 3.28. The maximum absolute atomic E-state index is 12.7. The third-order valence-corrected chi connectivity index (χ3v) is 4.90. The van der Waals surface area contributed by atoms with Crippen molar-refractivity contribution in [3.05, 3.63) is 59.5 Å². The fraction of sp³-hybridized carbons (Fsp3) is 0.167. The largest absolute Gasteiger partial charge is 0.478 e. The Hall–Kier alpha value is -2.51. The molecule has 1 N–H and O–H groups in total. The summed E-state index contributed by atoms with van der Waals surface area (Å²) in [4.78, 5) is 22.0. The van der Waals surface area contributed by atoms with Gasteiger partial charge in [0.15, 0.2) is 10.9 Å². The number of aromatic nitrogens is 3. The van der Waals surface area contributed by atoms with Crippen LogP contribution in [0.25, 0.3) is 0 Å². The van der Waals surface area contributed by atoms with Gasteiger partial charge in [-0.25, -0.2) is 9.97 Å². The average molecular weight is 389 g/mol. The van der Waals surface area contributed by atoms with Crippen LogP contribution in [0, 0.1) is 0 Å². The summed E-state index contributed by atoms with van der Waals surface area (Å²) in [6, 6.07) is 10.7. The maximum Gasteiger partial charge on any atom is 0.275 e. The van der Waals surface area contributed by atoms with Crippen molar-refractivity contribution in [3.8, 4) is 5.88 Å². The number of benzene rings is 1. The van der Waals surface area contributed by atoms with Crippen LogP contribution >= 0.6 is 23.4 Å². The Morgan fingerprint density at radius 2 is 2.12 bits per heavy atom. The molecule has 0 aliphatic carbocycles. The van der Waals surface area contributed by atoms with Crippen LogP contribution < -0.4 is 10.1 Å². The smallest absolute Gasteiger partial charge is 0.275 e. The molecule has 1 amide bonds. The Balaban J connectivity index is 1.84. The van der Waals surface area contributed by atoms with Crippen LogP contribution in [-0.2, 0) is 7.05 Å². The normalized spacial score (nSPS) is 10.6. The minimum absolute atomic E-state index is 0.120. The second kappa shape index (κ2) is 8.25. The molecule has 0 spiro atoms. The first-order valence-corrected chi connectivity index (χ1v) is 9.13. The molecule has 0 saturated heterocycles. The molecule has 0 aliphatic rings. The Morgan fingerprint density at radius 1 is 1.31 bits per heavy atom. The standard InChI is InChI=1S/C18H17ClN4O2S/c1-3-25-15-9-8-12(19)16(22-15)17(24)21-13-6-4-5-7-14(13)26-18-20-10-11-23(18)2/h4-11H,3H2,1-2H3,(H,21,24). The van der Waals surface area contributed by atoms with Crippen molar-refractivity contribution in [2.45, 2.75) is 17.0 Å². The lowest BCUT2D eigenvalue weighted by molar-refractivity contribution is 0.102. The number of pyridine rings is 1. The average Bonchev–Trinajstić information content (AvgIpc) is 3.03. The molecule has 1 aromatic carbocycles. The lowest BCUT2D eigenvalue weighted by atomic mass is 10.3. The highest BCUT2D eigenvalue weighted by Gasteiger charge is 2.16. The van der Waals surface area contributed by atoms with E-state index in [2.05, 4.69) is 15.3 Å². The minimum Gasteiger partial charge on any atom is -0.478 e. The Bertz CT molecular complexity index is 929. The van der Waals surface area contributed by atoms with Gasteiger partial charge in [0.1, 0.15) is 0 Å². The number of ether oxygens (including phenoxy) is 1. The summed E-state index contributed by atoms with van der Waals surface area (Å²) in [5, 5.41) is 3.95. The van der Waals surface area contributed by atoms with Crippen molar-refractivity contribution >= 4 is 35.0 Å². The van der Waals surface area contributed by atoms with Crippen LogP contribution in [-0.4, -0.2) is 27.0 Å². The van der Waals surface area contributed by atoms with Gasteiger partial charge in [-0.05, 0) is 36.9 Å². The van der Waals surface area contributed by atoms with Gasteiger partial charge in [-0.3, -0.25) is 4.79 Å². The van der Waals surface area contributed by atoms with Gasteiger partial charge < -0.3 is 14.6 Å². The molecule has 6 nitrogen and oxygen atoms in total. The topological polar surface area (TPSA) is 69.0 Å². The monoisotopic (exact) mass is 388 g/mol. The summed E-state index contributed by atoms with van der Waals surface area (Å²) < 4.78 is 7.25. The van der Waals surface area contributed by atoms with Crippen molar-refractivity contribution in [3.63, 3.8) is 0 Å².